The number of nitrogens with one attached hydrogen (secondary N) is 1. The highest BCUT2D eigenvalue weighted by molar-refractivity contribution is 5.87. The first-order valence-electron chi connectivity index (χ1n) is 8.27. The minimum Gasteiger partial charge on any atom is -0.410 e. The third-order valence-corrected chi connectivity index (χ3v) is 3.42. The lowest BCUT2D eigenvalue weighted by atomic mass is 10.0. The Morgan fingerprint density at radius 1 is 1.00 bits per heavy atom. The van der Waals surface area contributed by atoms with Crippen LogP contribution in [-0.4, -0.2) is 11.1 Å². The second kappa shape index (κ2) is 9.23. The van der Waals surface area contributed by atoms with Gasteiger partial charge in [-0.15, -0.1) is 0 Å². The molecule has 25 heavy (non-hydrogen) atoms. The lowest BCUT2D eigenvalue weighted by Gasteiger charge is -2.10. The third-order valence-electron chi connectivity index (χ3n) is 3.42. The van der Waals surface area contributed by atoms with Gasteiger partial charge in [0.15, 0.2) is 0 Å². The van der Waals surface area contributed by atoms with Gasteiger partial charge in [-0.1, -0.05) is 38.1 Å². The fourth-order valence-corrected chi connectivity index (χ4v) is 2.34. The summed E-state index contributed by atoms with van der Waals surface area (Å²) in [6, 6.07) is 18.6. The van der Waals surface area contributed by atoms with Crippen molar-refractivity contribution < 1.29 is 11.0 Å². The molecule has 0 radical (unpaired) electrons. The van der Waals surface area contributed by atoms with Crippen LogP contribution in [0.5, 0.6) is 5.75 Å². The fraction of sp³-hybridized carbons (Fsp3) is 0.143. The quantitative estimate of drug-likeness (QED) is 0.644. The molecule has 0 bridgehead atoms. The molecule has 0 unspecified atom stereocenters. The maximum atomic E-state index is 11.9. The molecule has 0 atom stereocenters. The molecule has 0 aliphatic heterocycles. The molecule has 4 nitrogen and oxygen atoms in total. The van der Waals surface area contributed by atoms with Gasteiger partial charge in [0.25, 0.3) is 0 Å². The van der Waals surface area contributed by atoms with Crippen LogP contribution in [-0.2, 0) is 0 Å². The molecular formula is C21H24N2O2. The maximum absolute atomic E-state index is 11.9. The molecule has 0 saturated heterocycles. The first-order valence-corrected chi connectivity index (χ1v) is 8.27. The van der Waals surface area contributed by atoms with Crippen molar-refractivity contribution in [3.63, 3.8) is 0 Å². The molecule has 1 amide bonds. The van der Waals surface area contributed by atoms with Crippen LogP contribution in [0.3, 0.4) is 0 Å². The number of pyridine rings is 1. The number of ether oxygens (including phenoxy) is 1. The SMILES string of the molecule is CC.Cc1cc(NC(=O)Oc2ccccc2)ccc1-c1ccncc1.[HH]. The van der Waals surface area contributed by atoms with Crippen molar-refractivity contribution in [1.29, 1.82) is 0 Å². The number of amides is 1. The average Bonchev–Trinajstić information content (AvgIpc) is 2.65. The van der Waals surface area contributed by atoms with Crippen LogP contribution in [0.2, 0.25) is 0 Å². The summed E-state index contributed by atoms with van der Waals surface area (Å²) in [6.07, 6.45) is 3.02. The predicted octanol–water partition coefficient (Wildman–Crippen LogP) is 5.94. The molecule has 1 aromatic heterocycles. The summed E-state index contributed by atoms with van der Waals surface area (Å²) in [6.45, 7) is 6.00. The fourth-order valence-electron chi connectivity index (χ4n) is 2.34. The predicted molar refractivity (Wildman–Crippen MR) is 104 cm³/mol. The number of carbonyl (C=O) groups is 1. The third kappa shape index (κ3) is 5.18. The second-order valence-electron chi connectivity index (χ2n) is 5.09. The molecule has 4 heteroatoms. The molecular weight excluding hydrogens is 312 g/mol. The standard InChI is InChI=1S/C19H16N2O2.C2H6.H2/c1-14-13-16(7-8-18(14)15-9-11-20-12-10-15)21-19(22)23-17-5-3-2-4-6-17;1-2;/h2-13H,1H3,(H,21,22);1-2H3;1H. The summed E-state index contributed by atoms with van der Waals surface area (Å²) in [5.41, 5.74) is 3.96. The lowest BCUT2D eigenvalue weighted by molar-refractivity contribution is 0.215. The number of rotatable bonds is 3. The summed E-state index contributed by atoms with van der Waals surface area (Å²) in [5.74, 6) is 0.509. The first-order chi connectivity index (χ1) is 12.2. The van der Waals surface area contributed by atoms with Gasteiger partial charge < -0.3 is 4.74 Å². The van der Waals surface area contributed by atoms with Crippen molar-refractivity contribution in [1.82, 2.24) is 4.98 Å². The van der Waals surface area contributed by atoms with Crippen molar-refractivity contribution in [3.05, 3.63) is 78.6 Å². The van der Waals surface area contributed by atoms with Crippen LogP contribution < -0.4 is 10.1 Å². The highest BCUT2D eigenvalue weighted by Gasteiger charge is 2.07. The molecule has 0 aliphatic carbocycles. The minimum atomic E-state index is -0.507. The van der Waals surface area contributed by atoms with Gasteiger partial charge in [-0.05, 0) is 60.0 Å². The number of aromatic nitrogens is 1. The second-order valence-corrected chi connectivity index (χ2v) is 5.09. The Kier molecular flexibility index (Phi) is 6.72. The van der Waals surface area contributed by atoms with E-state index >= 15 is 0 Å². The molecule has 0 saturated carbocycles. The van der Waals surface area contributed by atoms with E-state index in [1.165, 1.54) is 0 Å². The smallest absolute Gasteiger partial charge is 0.410 e. The van der Waals surface area contributed by atoms with Crippen LogP contribution in [0.25, 0.3) is 11.1 Å². The van der Waals surface area contributed by atoms with Gasteiger partial charge in [-0.25, -0.2) is 4.79 Å². The number of hydrogen-bond donors (Lipinski definition) is 1. The number of anilines is 1. The van der Waals surface area contributed by atoms with Gasteiger partial charge >= 0.3 is 6.09 Å². The largest absolute Gasteiger partial charge is 0.417 e. The van der Waals surface area contributed by atoms with E-state index < -0.39 is 6.09 Å². The summed E-state index contributed by atoms with van der Waals surface area (Å²) in [7, 11) is 0. The summed E-state index contributed by atoms with van der Waals surface area (Å²) < 4.78 is 5.21. The van der Waals surface area contributed by atoms with Gasteiger partial charge in [0, 0.05) is 19.5 Å². The van der Waals surface area contributed by atoms with E-state index in [0.29, 0.717) is 11.4 Å². The van der Waals surface area contributed by atoms with Crippen molar-refractivity contribution in [3.8, 4) is 16.9 Å². The molecule has 3 rings (SSSR count). The van der Waals surface area contributed by atoms with E-state index in [4.69, 9.17) is 4.74 Å². The summed E-state index contributed by atoms with van der Waals surface area (Å²) >= 11 is 0. The van der Waals surface area contributed by atoms with E-state index in [-0.39, 0.29) is 1.43 Å². The molecule has 1 N–H and O–H groups in total. The average molecular weight is 336 g/mol. The Balaban J connectivity index is 0.00000109. The molecule has 3 aromatic rings. The lowest BCUT2D eigenvalue weighted by Crippen LogP contribution is -2.16. The van der Waals surface area contributed by atoms with Crippen LogP contribution in [0.15, 0.2) is 73.1 Å². The Morgan fingerprint density at radius 3 is 2.32 bits per heavy atom. The number of aryl methyl sites for hydroxylation is 1. The van der Waals surface area contributed by atoms with Crippen molar-refractivity contribution in [2.24, 2.45) is 0 Å². The van der Waals surface area contributed by atoms with E-state index in [1.807, 2.05) is 69.3 Å². The van der Waals surface area contributed by atoms with Gasteiger partial charge in [0.1, 0.15) is 5.75 Å². The number of benzene rings is 2. The van der Waals surface area contributed by atoms with Crippen LogP contribution in [0.1, 0.15) is 20.8 Å². The van der Waals surface area contributed by atoms with E-state index in [1.54, 1.807) is 24.5 Å². The van der Waals surface area contributed by atoms with E-state index in [0.717, 1.165) is 16.7 Å². The Bertz CT molecular complexity index is 809. The first kappa shape index (κ1) is 18.2. The molecule has 0 spiro atoms. The van der Waals surface area contributed by atoms with Crippen molar-refractivity contribution in [2.45, 2.75) is 20.8 Å². The number of para-hydroxylation sites is 1. The van der Waals surface area contributed by atoms with E-state index in [2.05, 4.69) is 10.3 Å². The van der Waals surface area contributed by atoms with Gasteiger partial charge in [0.05, 0.1) is 0 Å². The van der Waals surface area contributed by atoms with Gasteiger partial charge in [-0.2, -0.15) is 0 Å². The van der Waals surface area contributed by atoms with Gasteiger partial charge in [-0.3, -0.25) is 10.3 Å². The van der Waals surface area contributed by atoms with Crippen molar-refractivity contribution in [2.75, 3.05) is 5.32 Å². The molecule has 0 fully saturated rings. The highest BCUT2D eigenvalue weighted by Crippen LogP contribution is 2.25. The number of hydrogen-bond acceptors (Lipinski definition) is 3. The summed E-state index contributed by atoms with van der Waals surface area (Å²) in [5, 5.41) is 2.74. The number of nitrogens with zero attached hydrogens (tertiary/aromatic N) is 1. The van der Waals surface area contributed by atoms with Crippen molar-refractivity contribution >= 4 is 11.8 Å². The van der Waals surface area contributed by atoms with Crippen LogP contribution in [0.4, 0.5) is 10.5 Å². The molecule has 1 heterocycles. The van der Waals surface area contributed by atoms with E-state index in [9.17, 15) is 4.79 Å². The monoisotopic (exact) mass is 336 g/mol. The topological polar surface area (TPSA) is 51.2 Å². The Morgan fingerprint density at radius 2 is 1.68 bits per heavy atom. The molecule has 130 valence electrons. The summed E-state index contributed by atoms with van der Waals surface area (Å²) in [4.78, 5) is 15.9. The zero-order valence-corrected chi connectivity index (χ0v) is 14.7. The Labute approximate surface area is 150 Å². The highest BCUT2D eigenvalue weighted by atomic mass is 16.6. The minimum absolute atomic E-state index is 0. The van der Waals surface area contributed by atoms with Gasteiger partial charge in [0.2, 0.25) is 0 Å². The molecule has 2 aromatic carbocycles. The van der Waals surface area contributed by atoms with Crippen LogP contribution >= 0.6 is 0 Å². The normalized spacial score (nSPS) is 9.56. The zero-order valence-electron chi connectivity index (χ0n) is 14.7. The maximum Gasteiger partial charge on any atom is 0.417 e. The van der Waals surface area contributed by atoms with Crippen LogP contribution in [0, 0.1) is 6.92 Å². The number of carbonyl (C=O) groups excluding carboxylic acids is 1. The molecule has 0 aliphatic rings. The Hall–Kier alpha value is -3.14. The zero-order chi connectivity index (χ0) is 18.1.